The van der Waals surface area contributed by atoms with Gasteiger partial charge in [-0.1, -0.05) is 0 Å². The lowest BCUT2D eigenvalue weighted by atomic mass is 10.5. The third kappa shape index (κ3) is 5.98. The Bertz CT molecular complexity index is 62.9. The second-order valence-electron chi connectivity index (χ2n) is 1.92. The molecule has 0 fully saturated rings. The highest BCUT2D eigenvalue weighted by Crippen LogP contribution is 1.91. The molecule has 9 heavy (non-hydrogen) atoms. The molecule has 0 aromatic heterocycles. The molecule has 0 bridgehead atoms. The van der Waals surface area contributed by atoms with E-state index >= 15 is 0 Å². The van der Waals surface area contributed by atoms with Crippen LogP contribution in [0.5, 0.6) is 0 Å². The van der Waals surface area contributed by atoms with E-state index in [9.17, 15) is 0 Å². The quantitative estimate of drug-likeness (QED) is 0.519. The highest BCUT2D eigenvalue weighted by atomic mass is 28.3. The van der Waals surface area contributed by atoms with Gasteiger partial charge in [0.1, 0.15) is 0 Å². The fraction of sp³-hybridized carbons (Fsp3) is 1.00. The lowest BCUT2D eigenvalue weighted by Crippen LogP contribution is -2.30. The van der Waals surface area contributed by atoms with Crippen molar-refractivity contribution in [2.75, 3.05) is 13.2 Å². The van der Waals surface area contributed by atoms with Crippen LogP contribution in [0.3, 0.4) is 0 Å². The van der Waals surface area contributed by atoms with E-state index < -0.39 is 9.20 Å². The summed E-state index contributed by atoms with van der Waals surface area (Å²) < 4.78 is 5.20. The maximum Gasteiger partial charge on any atom is 0.249 e. The molecule has 56 valence electrons. The molecule has 0 amide bonds. The molecular weight excluding hydrogens is 132 g/mol. The molecular formula is C5H16N2OSi. The highest BCUT2D eigenvalue weighted by Gasteiger charge is 2.01. The van der Waals surface area contributed by atoms with Crippen molar-refractivity contribution in [2.24, 2.45) is 11.1 Å². The van der Waals surface area contributed by atoms with E-state index in [0.717, 1.165) is 25.6 Å². The number of nitrogens with two attached hydrogens (primary N) is 2. The molecule has 0 aromatic rings. The largest absolute Gasteiger partial charge is 0.406 e. The molecule has 0 aliphatic rings. The zero-order valence-corrected chi connectivity index (χ0v) is 7.12. The van der Waals surface area contributed by atoms with Crippen molar-refractivity contribution in [3.8, 4) is 0 Å². The summed E-state index contributed by atoms with van der Waals surface area (Å²) in [5, 5.41) is 5.63. The summed E-state index contributed by atoms with van der Waals surface area (Å²) in [4.78, 5) is 0. The van der Waals surface area contributed by atoms with Crippen LogP contribution in [0.2, 0.25) is 6.04 Å². The minimum Gasteiger partial charge on any atom is -0.406 e. The summed E-state index contributed by atoms with van der Waals surface area (Å²) in [7, 11) is -1.30. The Balaban J connectivity index is 2.95. The van der Waals surface area contributed by atoms with E-state index in [-0.39, 0.29) is 0 Å². The van der Waals surface area contributed by atoms with Gasteiger partial charge in [0, 0.05) is 6.61 Å². The molecule has 1 unspecified atom stereocenters. The van der Waals surface area contributed by atoms with Crippen LogP contribution in [-0.4, -0.2) is 22.4 Å². The van der Waals surface area contributed by atoms with Crippen LogP contribution in [0.1, 0.15) is 13.3 Å². The predicted molar refractivity (Wildman–Crippen MR) is 41.4 cm³/mol. The first kappa shape index (κ1) is 9.10. The molecule has 0 heterocycles. The van der Waals surface area contributed by atoms with Crippen molar-refractivity contribution < 1.29 is 4.43 Å². The molecule has 0 saturated heterocycles. The van der Waals surface area contributed by atoms with Gasteiger partial charge in [0.2, 0.25) is 9.20 Å². The lowest BCUT2D eigenvalue weighted by molar-refractivity contribution is 0.341. The van der Waals surface area contributed by atoms with Crippen molar-refractivity contribution in [1.82, 2.24) is 0 Å². The molecule has 0 radical (unpaired) electrons. The Morgan fingerprint density at radius 3 is 2.67 bits per heavy atom. The first-order valence-corrected chi connectivity index (χ1v) is 5.34. The van der Waals surface area contributed by atoms with Crippen LogP contribution >= 0.6 is 0 Å². The maximum absolute atomic E-state index is 5.63. The van der Waals surface area contributed by atoms with Crippen molar-refractivity contribution in [2.45, 2.75) is 19.4 Å². The molecule has 4 N–H and O–H groups in total. The van der Waals surface area contributed by atoms with Gasteiger partial charge in [-0.3, -0.25) is 0 Å². The average Bonchev–Trinajstić information content (AvgIpc) is 1.85. The first-order chi connectivity index (χ1) is 4.31. The molecule has 0 spiro atoms. The van der Waals surface area contributed by atoms with Gasteiger partial charge in [-0.05, 0) is 25.9 Å². The zero-order chi connectivity index (χ0) is 7.11. The Morgan fingerprint density at radius 2 is 2.22 bits per heavy atom. The Hall–Kier alpha value is 0.0969. The topological polar surface area (TPSA) is 61.3 Å². The van der Waals surface area contributed by atoms with Crippen LogP contribution in [-0.2, 0) is 4.43 Å². The highest BCUT2D eigenvalue weighted by molar-refractivity contribution is 6.47. The Kier molecular flexibility index (Phi) is 6.29. The number of hydrogen-bond acceptors (Lipinski definition) is 3. The Labute approximate surface area is 58.2 Å². The molecule has 0 aromatic carbocycles. The van der Waals surface area contributed by atoms with Gasteiger partial charge in [-0.2, -0.15) is 0 Å². The van der Waals surface area contributed by atoms with Crippen LogP contribution in [0, 0.1) is 0 Å². The van der Waals surface area contributed by atoms with Gasteiger partial charge in [-0.15, -0.1) is 0 Å². The van der Waals surface area contributed by atoms with E-state index in [2.05, 4.69) is 0 Å². The first-order valence-electron chi connectivity index (χ1n) is 3.38. The normalized spacial score (nSPS) is 13.7. The summed E-state index contributed by atoms with van der Waals surface area (Å²) in [6.45, 7) is 3.45. The van der Waals surface area contributed by atoms with Crippen molar-refractivity contribution in [3.05, 3.63) is 0 Å². The van der Waals surface area contributed by atoms with Gasteiger partial charge in [0.15, 0.2) is 0 Å². The van der Waals surface area contributed by atoms with E-state index in [1.165, 1.54) is 0 Å². The zero-order valence-electron chi connectivity index (χ0n) is 5.97. The fourth-order valence-electron chi connectivity index (χ4n) is 0.616. The summed E-state index contributed by atoms with van der Waals surface area (Å²) in [6, 6.07) is 1.00. The number of hydrogen-bond donors (Lipinski definition) is 2. The van der Waals surface area contributed by atoms with E-state index in [1.807, 2.05) is 6.92 Å². The van der Waals surface area contributed by atoms with Crippen molar-refractivity contribution in [3.63, 3.8) is 0 Å². The molecule has 3 nitrogen and oxygen atoms in total. The maximum atomic E-state index is 5.63. The molecule has 0 aliphatic heterocycles. The van der Waals surface area contributed by atoms with Gasteiger partial charge >= 0.3 is 0 Å². The van der Waals surface area contributed by atoms with Crippen LogP contribution in [0.4, 0.5) is 0 Å². The van der Waals surface area contributed by atoms with E-state index in [0.29, 0.717) is 0 Å². The monoisotopic (exact) mass is 148 g/mol. The average molecular weight is 148 g/mol. The van der Waals surface area contributed by atoms with Crippen LogP contribution < -0.4 is 11.1 Å². The standard InChI is InChI=1S/C5H16N2OSi/c1-2-8-9(7)5-3-4-6/h9H,2-7H2,1H3. The molecule has 0 aliphatic carbocycles. The van der Waals surface area contributed by atoms with Crippen LogP contribution in [0.15, 0.2) is 0 Å². The summed E-state index contributed by atoms with van der Waals surface area (Å²) in [5.74, 6) is 0. The van der Waals surface area contributed by atoms with E-state index in [4.69, 9.17) is 15.6 Å². The minimum absolute atomic E-state index is 0.730. The second kappa shape index (κ2) is 6.22. The van der Waals surface area contributed by atoms with Crippen LogP contribution in [0.25, 0.3) is 0 Å². The molecule has 4 heteroatoms. The molecule has 0 rings (SSSR count). The third-order valence-electron chi connectivity index (χ3n) is 1.07. The minimum atomic E-state index is -1.30. The van der Waals surface area contributed by atoms with Gasteiger partial charge in [0.05, 0.1) is 0 Å². The van der Waals surface area contributed by atoms with Gasteiger partial charge < -0.3 is 15.6 Å². The second-order valence-corrected chi connectivity index (χ2v) is 3.91. The fourth-order valence-corrected chi connectivity index (χ4v) is 1.85. The summed E-state index contributed by atoms with van der Waals surface area (Å²) >= 11 is 0. The van der Waals surface area contributed by atoms with Crippen molar-refractivity contribution >= 4 is 9.20 Å². The number of rotatable bonds is 5. The summed E-state index contributed by atoms with van der Waals surface area (Å²) in [5.41, 5.74) is 5.28. The Morgan fingerprint density at radius 1 is 1.56 bits per heavy atom. The smallest absolute Gasteiger partial charge is 0.249 e. The lowest BCUT2D eigenvalue weighted by Gasteiger charge is -2.06. The van der Waals surface area contributed by atoms with E-state index in [1.54, 1.807) is 0 Å². The van der Waals surface area contributed by atoms with Crippen molar-refractivity contribution in [1.29, 1.82) is 0 Å². The molecule has 0 saturated carbocycles. The SMILES string of the molecule is CCO[SiH](N)CCCN. The van der Waals surface area contributed by atoms with Gasteiger partial charge in [0.25, 0.3) is 0 Å². The third-order valence-corrected chi connectivity index (χ3v) is 2.81. The summed E-state index contributed by atoms with van der Waals surface area (Å²) in [6.07, 6.45) is 1.01. The predicted octanol–water partition coefficient (Wildman–Crippen LogP) is -0.449. The van der Waals surface area contributed by atoms with Gasteiger partial charge in [-0.25, -0.2) is 0 Å². The molecule has 1 atom stereocenters.